The molecule has 2 aromatic carbocycles. The molecule has 1 N–H and O–H groups in total. The van der Waals surface area contributed by atoms with Gasteiger partial charge in [0.25, 0.3) is 5.91 Å². The Morgan fingerprint density at radius 2 is 1.91 bits per heavy atom. The summed E-state index contributed by atoms with van der Waals surface area (Å²) in [7, 11) is 0. The lowest BCUT2D eigenvalue weighted by molar-refractivity contribution is 0.102. The zero-order valence-electron chi connectivity index (χ0n) is 19.5. The summed E-state index contributed by atoms with van der Waals surface area (Å²) in [5.74, 6) is 0.667. The molecule has 0 aliphatic carbocycles. The first-order valence-electron chi connectivity index (χ1n) is 11.1. The van der Waals surface area contributed by atoms with Crippen LogP contribution in [0, 0.1) is 20.8 Å². The molecule has 0 spiro atoms. The number of carbonyl (C=O) groups excluding carboxylic acids is 1. The Kier molecular flexibility index (Phi) is 6.58. The van der Waals surface area contributed by atoms with Crippen LogP contribution >= 0.6 is 0 Å². The van der Waals surface area contributed by atoms with Crippen LogP contribution in [0.2, 0.25) is 0 Å². The summed E-state index contributed by atoms with van der Waals surface area (Å²) in [5.41, 5.74) is 6.68. The average molecular weight is 444 g/mol. The number of aromatic nitrogens is 4. The standard InChI is InChI=1S/C26H29N5O2/c1-5-31-20(4)23(13-28-31)15-30-16-24(14-27-30)29-26(32)22-8-6-7-21(12-22)17-33-25-10-9-18(2)11-19(25)3/h6-14,16H,5,15,17H2,1-4H3,(H,29,32). The number of carbonyl (C=O) groups is 1. The van der Waals surface area contributed by atoms with E-state index in [1.165, 1.54) is 5.56 Å². The first-order valence-corrected chi connectivity index (χ1v) is 11.1. The molecule has 0 unspecified atom stereocenters. The molecule has 0 aliphatic heterocycles. The third kappa shape index (κ3) is 5.31. The maximum Gasteiger partial charge on any atom is 0.255 e. The van der Waals surface area contributed by atoms with Crippen molar-refractivity contribution in [3.63, 3.8) is 0 Å². The molecule has 0 saturated carbocycles. The van der Waals surface area contributed by atoms with Crippen molar-refractivity contribution in [1.29, 1.82) is 0 Å². The van der Waals surface area contributed by atoms with Gasteiger partial charge in [0.1, 0.15) is 12.4 Å². The van der Waals surface area contributed by atoms with E-state index in [1.807, 2.05) is 54.3 Å². The Bertz CT molecular complexity index is 1270. The Hall–Kier alpha value is -3.87. The van der Waals surface area contributed by atoms with Crippen molar-refractivity contribution in [3.8, 4) is 5.75 Å². The molecule has 1 amide bonds. The lowest BCUT2D eigenvalue weighted by Crippen LogP contribution is -2.12. The highest BCUT2D eigenvalue weighted by Crippen LogP contribution is 2.20. The highest BCUT2D eigenvalue weighted by Gasteiger charge is 2.11. The minimum absolute atomic E-state index is 0.183. The smallest absolute Gasteiger partial charge is 0.255 e. The van der Waals surface area contributed by atoms with Gasteiger partial charge in [-0.2, -0.15) is 10.2 Å². The third-order valence-corrected chi connectivity index (χ3v) is 5.64. The van der Waals surface area contributed by atoms with Crippen molar-refractivity contribution in [3.05, 3.63) is 94.6 Å². The monoisotopic (exact) mass is 443 g/mol. The van der Waals surface area contributed by atoms with Crippen LogP contribution in [0.1, 0.15) is 45.2 Å². The van der Waals surface area contributed by atoms with Crippen LogP contribution in [0.3, 0.4) is 0 Å². The van der Waals surface area contributed by atoms with Gasteiger partial charge in [0.2, 0.25) is 0 Å². The number of nitrogens with one attached hydrogen (secondary N) is 1. The van der Waals surface area contributed by atoms with Crippen molar-refractivity contribution in [1.82, 2.24) is 19.6 Å². The normalized spacial score (nSPS) is 10.9. The molecule has 2 heterocycles. The van der Waals surface area contributed by atoms with Gasteiger partial charge in [0, 0.05) is 29.6 Å². The lowest BCUT2D eigenvalue weighted by atomic mass is 10.1. The van der Waals surface area contributed by atoms with Gasteiger partial charge in [0.15, 0.2) is 0 Å². The lowest BCUT2D eigenvalue weighted by Gasteiger charge is -2.11. The van der Waals surface area contributed by atoms with E-state index in [1.54, 1.807) is 16.9 Å². The minimum Gasteiger partial charge on any atom is -0.489 e. The molecule has 4 aromatic rings. The van der Waals surface area contributed by atoms with Crippen LogP contribution < -0.4 is 10.1 Å². The molecule has 0 atom stereocenters. The second kappa shape index (κ2) is 9.73. The van der Waals surface area contributed by atoms with Gasteiger partial charge in [-0.3, -0.25) is 14.2 Å². The van der Waals surface area contributed by atoms with Crippen molar-refractivity contribution < 1.29 is 9.53 Å². The number of rotatable bonds is 8. The van der Waals surface area contributed by atoms with Crippen LogP contribution in [0.25, 0.3) is 0 Å². The number of anilines is 1. The van der Waals surface area contributed by atoms with E-state index in [4.69, 9.17) is 4.74 Å². The van der Waals surface area contributed by atoms with E-state index < -0.39 is 0 Å². The molecule has 0 bridgehead atoms. The molecule has 2 aromatic heterocycles. The van der Waals surface area contributed by atoms with E-state index in [2.05, 4.69) is 42.4 Å². The number of hydrogen-bond donors (Lipinski definition) is 1. The van der Waals surface area contributed by atoms with Gasteiger partial charge in [-0.05, 0) is 57.0 Å². The van der Waals surface area contributed by atoms with Gasteiger partial charge in [-0.15, -0.1) is 0 Å². The van der Waals surface area contributed by atoms with Gasteiger partial charge in [-0.25, -0.2) is 0 Å². The molecule has 7 heteroatoms. The second-order valence-corrected chi connectivity index (χ2v) is 8.21. The summed E-state index contributed by atoms with van der Waals surface area (Å²) in [6, 6.07) is 13.6. The summed E-state index contributed by atoms with van der Waals surface area (Å²) in [5, 5.41) is 11.7. The van der Waals surface area contributed by atoms with Gasteiger partial charge in [0.05, 0.1) is 24.6 Å². The first-order chi connectivity index (χ1) is 15.9. The van der Waals surface area contributed by atoms with Crippen LogP contribution in [-0.4, -0.2) is 25.5 Å². The summed E-state index contributed by atoms with van der Waals surface area (Å²) in [6.45, 7) is 10.0. The van der Waals surface area contributed by atoms with Gasteiger partial charge < -0.3 is 10.1 Å². The van der Waals surface area contributed by atoms with Crippen LogP contribution in [0.15, 0.2) is 61.1 Å². The Morgan fingerprint density at radius 1 is 1.06 bits per heavy atom. The van der Waals surface area contributed by atoms with Crippen molar-refractivity contribution in [2.24, 2.45) is 0 Å². The number of benzene rings is 2. The maximum atomic E-state index is 12.8. The average Bonchev–Trinajstić information content (AvgIpc) is 3.39. The molecule has 0 saturated heterocycles. The predicted octanol–water partition coefficient (Wildman–Crippen LogP) is 4.90. The summed E-state index contributed by atoms with van der Waals surface area (Å²) in [4.78, 5) is 12.8. The van der Waals surface area contributed by atoms with E-state index in [9.17, 15) is 4.79 Å². The Labute approximate surface area is 194 Å². The van der Waals surface area contributed by atoms with E-state index in [0.29, 0.717) is 24.4 Å². The summed E-state index contributed by atoms with van der Waals surface area (Å²) >= 11 is 0. The van der Waals surface area contributed by atoms with Gasteiger partial charge in [-0.1, -0.05) is 29.8 Å². The van der Waals surface area contributed by atoms with E-state index >= 15 is 0 Å². The van der Waals surface area contributed by atoms with Crippen molar-refractivity contribution in [2.75, 3.05) is 5.32 Å². The second-order valence-electron chi connectivity index (χ2n) is 8.21. The van der Waals surface area contributed by atoms with Crippen LogP contribution in [0.5, 0.6) is 5.75 Å². The zero-order chi connectivity index (χ0) is 23.4. The molecule has 4 rings (SSSR count). The minimum atomic E-state index is -0.183. The molecule has 0 aliphatic rings. The predicted molar refractivity (Wildman–Crippen MR) is 129 cm³/mol. The molecule has 7 nitrogen and oxygen atoms in total. The number of aryl methyl sites for hydroxylation is 3. The molecule has 170 valence electrons. The molecular weight excluding hydrogens is 414 g/mol. The van der Waals surface area contributed by atoms with E-state index in [-0.39, 0.29) is 5.91 Å². The van der Waals surface area contributed by atoms with Crippen molar-refractivity contribution >= 4 is 11.6 Å². The van der Waals surface area contributed by atoms with Crippen molar-refractivity contribution in [2.45, 2.75) is 47.4 Å². The molecular formula is C26H29N5O2. The Balaban J connectivity index is 1.38. The number of ether oxygens (including phenoxy) is 1. The Morgan fingerprint density at radius 3 is 2.67 bits per heavy atom. The third-order valence-electron chi connectivity index (χ3n) is 5.64. The number of nitrogens with zero attached hydrogens (tertiary/aromatic N) is 4. The summed E-state index contributed by atoms with van der Waals surface area (Å²) in [6.07, 6.45) is 5.35. The fraction of sp³-hybridized carbons (Fsp3) is 0.269. The molecule has 0 fully saturated rings. The quantitative estimate of drug-likeness (QED) is 0.420. The SMILES string of the molecule is CCn1ncc(Cn2cc(NC(=O)c3cccc(COc4ccc(C)cc4C)c3)cn2)c1C. The number of hydrogen-bond acceptors (Lipinski definition) is 4. The van der Waals surface area contributed by atoms with Crippen LogP contribution in [0.4, 0.5) is 5.69 Å². The number of amides is 1. The zero-order valence-corrected chi connectivity index (χ0v) is 19.5. The largest absolute Gasteiger partial charge is 0.489 e. The van der Waals surface area contributed by atoms with Crippen LogP contribution in [-0.2, 0) is 19.7 Å². The highest BCUT2D eigenvalue weighted by atomic mass is 16.5. The molecule has 33 heavy (non-hydrogen) atoms. The topological polar surface area (TPSA) is 74.0 Å². The fourth-order valence-corrected chi connectivity index (χ4v) is 3.78. The maximum absolute atomic E-state index is 12.8. The fourth-order valence-electron chi connectivity index (χ4n) is 3.78. The molecule has 0 radical (unpaired) electrons. The van der Waals surface area contributed by atoms with Gasteiger partial charge >= 0.3 is 0 Å². The summed E-state index contributed by atoms with van der Waals surface area (Å²) < 4.78 is 9.71. The first kappa shape index (κ1) is 22.3. The van der Waals surface area contributed by atoms with E-state index in [0.717, 1.165) is 34.7 Å². The highest BCUT2D eigenvalue weighted by molar-refractivity contribution is 6.04.